The highest BCUT2D eigenvalue weighted by Crippen LogP contribution is 2.44. The lowest BCUT2D eigenvalue weighted by Gasteiger charge is -2.49. The molecular formula is C20H24N7O8S2+. The number of carboxylic acid groups (broad SMARTS) is 2. The number of thioether (sulfide) groups is 1. The largest absolute Gasteiger partial charge is 0.479 e. The molecule has 3 saturated heterocycles. The van der Waals surface area contributed by atoms with Gasteiger partial charge in [-0.15, -0.1) is 11.8 Å². The fourth-order valence-corrected chi connectivity index (χ4v) is 7.14. The summed E-state index contributed by atoms with van der Waals surface area (Å²) in [6.45, 7) is 1.71. The molecule has 3 fully saturated rings. The highest BCUT2D eigenvalue weighted by molar-refractivity contribution is 8.00. The van der Waals surface area contributed by atoms with Crippen molar-refractivity contribution in [2.24, 2.45) is 5.16 Å². The van der Waals surface area contributed by atoms with Gasteiger partial charge in [0.1, 0.15) is 35.8 Å². The van der Waals surface area contributed by atoms with E-state index in [1.165, 1.54) is 16.7 Å². The molecule has 2 amide bonds. The van der Waals surface area contributed by atoms with Crippen molar-refractivity contribution in [2.75, 3.05) is 44.3 Å². The summed E-state index contributed by atoms with van der Waals surface area (Å²) < 4.78 is 4.49. The minimum absolute atomic E-state index is 0.0343. The van der Waals surface area contributed by atoms with Gasteiger partial charge in [0.15, 0.2) is 5.13 Å². The number of carbonyl (C=O) groups is 4. The van der Waals surface area contributed by atoms with Crippen molar-refractivity contribution in [1.29, 1.82) is 0 Å². The number of β-lactam (4-membered cyclic amide) rings is 1. The third-order valence-corrected chi connectivity index (χ3v) is 8.89. The second-order valence-electron chi connectivity index (χ2n) is 9.51. The summed E-state index contributed by atoms with van der Waals surface area (Å²) in [5.41, 5.74) is 4.95. The molecule has 198 valence electrons. The number of nitrogens with two attached hydrogens (primary N) is 1. The maximum Gasteiger partial charge on any atom is 0.352 e. The van der Waals surface area contributed by atoms with Crippen molar-refractivity contribution >= 4 is 57.9 Å². The second-order valence-corrected chi connectivity index (χ2v) is 11.4. The molecule has 5 heterocycles. The van der Waals surface area contributed by atoms with Crippen LogP contribution < -0.4 is 11.1 Å². The lowest BCUT2D eigenvalue weighted by molar-refractivity contribution is -0.904. The average molecular weight is 555 g/mol. The van der Waals surface area contributed by atoms with Crippen molar-refractivity contribution in [3.8, 4) is 0 Å². The van der Waals surface area contributed by atoms with Gasteiger partial charge in [-0.25, -0.2) is 9.59 Å². The lowest BCUT2D eigenvalue weighted by atomic mass is 10.00. The molecule has 37 heavy (non-hydrogen) atoms. The maximum absolute atomic E-state index is 13.1. The Labute approximate surface area is 217 Å². The maximum atomic E-state index is 13.1. The van der Waals surface area contributed by atoms with Crippen LogP contribution in [0.2, 0.25) is 0 Å². The highest BCUT2D eigenvalue weighted by Gasteiger charge is 2.58. The Morgan fingerprint density at radius 3 is 2.59 bits per heavy atom. The predicted octanol–water partition coefficient (Wildman–Crippen LogP) is -1.98. The molecule has 0 spiro atoms. The SMILES string of the molecule is Nc1nc(/C(=N/OCC(=O)O)C(=O)N[C@@H]2C(=O)N3C(C(=O)O)=C(C[N+]45CCC(O)(CC4)C5)CS[C@H]23)ns1. The van der Waals surface area contributed by atoms with Crippen LogP contribution >= 0.6 is 23.3 Å². The number of nitrogen functional groups attached to an aromatic ring is 1. The zero-order valence-electron chi connectivity index (χ0n) is 19.3. The van der Waals surface area contributed by atoms with Crippen LogP contribution in [0, 0.1) is 0 Å². The van der Waals surface area contributed by atoms with Gasteiger partial charge in [0.2, 0.25) is 18.1 Å². The van der Waals surface area contributed by atoms with E-state index in [-0.39, 0.29) is 16.7 Å². The summed E-state index contributed by atoms with van der Waals surface area (Å²) in [5, 5.41) is 34.7. The van der Waals surface area contributed by atoms with Crippen LogP contribution in [0.1, 0.15) is 18.7 Å². The van der Waals surface area contributed by atoms with Crippen molar-refractivity contribution in [3.63, 3.8) is 0 Å². The van der Waals surface area contributed by atoms with Crippen LogP contribution in [0.25, 0.3) is 0 Å². The molecule has 4 aliphatic rings. The molecule has 2 bridgehead atoms. The van der Waals surface area contributed by atoms with E-state index in [1.54, 1.807) is 0 Å². The van der Waals surface area contributed by atoms with Gasteiger partial charge in [0.05, 0.1) is 13.1 Å². The summed E-state index contributed by atoms with van der Waals surface area (Å²) in [7, 11) is 0. The number of rotatable bonds is 9. The fraction of sp³-hybridized carbons (Fsp3) is 0.550. The monoisotopic (exact) mass is 554 g/mol. The molecule has 6 N–H and O–H groups in total. The summed E-state index contributed by atoms with van der Waals surface area (Å²) in [6, 6.07) is -1.05. The molecule has 1 aromatic rings. The summed E-state index contributed by atoms with van der Waals surface area (Å²) in [5.74, 6) is -3.90. The smallest absolute Gasteiger partial charge is 0.352 e. The van der Waals surface area contributed by atoms with Crippen molar-refractivity contribution < 1.29 is 43.8 Å². The standard InChI is InChI=1S/C20H23N7O8S2/c21-19-23-14(25-37-19)11(24-35-6-10(28)29)15(30)22-12-16(31)26-13(18(32)33)9(7-36-17(12)26)5-27-3-1-20(34,8-27)2-4-27/h12,17,34H,1-8H2,(H4-,21,22,23,25,28,29,30,32,33)/p+1/b24-11-/t12-,17-,20?,27?/m1/s1. The Hall–Kier alpha value is -3.28. The van der Waals surface area contributed by atoms with Gasteiger partial charge in [-0.2, -0.15) is 9.36 Å². The van der Waals surface area contributed by atoms with Gasteiger partial charge in [0.25, 0.3) is 11.8 Å². The van der Waals surface area contributed by atoms with E-state index in [9.17, 15) is 29.4 Å². The van der Waals surface area contributed by atoms with E-state index in [4.69, 9.17) is 10.8 Å². The molecular weight excluding hydrogens is 530 g/mol. The van der Waals surface area contributed by atoms with Crippen LogP contribution in [0.15, 0.2) is 16.4 Å². The first-order chi connectivity index (χ1) is 17.5. The number of carboxylic acids is 2. The van der Waals surface area contributed by atoms with Crippen LogP contribution in [-0.2, 0) is 24.0 Å². The normalized spacial score (nSPS) is 30.7. The second kappa shape index (κ2) is 9.23. The number of oxime groups is 1. The molecule has 0 aliphatic carbocycles. The lowest BCUT2D eigenvalue weighted by Crippen LogP contribution is -2.71. The van der Waals surface area contributed by atoms with Crippen LogP contribution in [0.4, 0.5) is 5.13 Å². The van der Waals surface area contributed by atoms with Gasteiger partial charge in [0, 0.05) is 35.7 Å². The molecule has 2 atom stereocenters. The first kappa shape index (κ1) is 25.4. The van der Waals surface area contributed by atoms with Crippen LogP contribution in [0.3, 0.4) is 0 Å². The third kappa shape index (κ3) is 4.62. The van der Waals surface area contributed by atoms with E-state index < -0.39 is 53.1 Å². The highest BCUT2D eigenvalue weighted by atomic mass is 32.2. The van der Waals surface area contributed by atoms with Gasteiger partial charge >= 0.3 is 11.9 Å². The van der Waals surface area contributed by atoms with Gasteiger partial charge in [-0.1, -0.05) is 5.16 Å². The van der Waals surface area contributed by atoms with Crippen molar-refractivity contribution in [1.82, 2.24) is 19.6 Å². The number of quaternary nitrogens is 1. The number of carbonyl (C=O) groups excluding carboxylic acids is 2. The van der Waals surface area contributed by atoms with E-state index in [0.717, 1.165) is 24.6 Å². The van der Waals surface area contributed by atoms with Crippen molar-refractivity contribution in [2.45, 2.75) is 29.9 Å². The van der Waals surface area contributed by atoms with Crippen LogP contribution in [-0.4, -0.2) is 119 Å². The molecule has 1 aromatic heterocycles. The molecule has 0 aromatic carbocycles. The summed E-state index contributed by atoms with van der Waals surface area (Å²) in [4.78, 5) is 58.7. The molecule has 0 radical (unpaired) electrons. The molecule has 4 aliphatic heterocycles. The number of amides is 2. The number of hydrogen-bond acceptors (Lipinski definition) is 12. The Morgan fingerprint density at radius 2 is 2.03 bits per heavy atom. The zero-order valence-corrected chi connectivity index (χ0v) is 21.0. The van der Waals surface area contributed by atoms with Gasteiger partial charge in [-0.3, -0.25) is 14.5 Å². The van der Waals surface area contributed by atoms with Crippen molar-refractivity contribution in [3.05, 3.63) is 17.1 Å². The Kier molecular flexibility index (Phi) is 6.33. The Balaban J connectivity index is 1.33. The third-order valence-electron chi connectivity index (χ3n) is 7.01. The zero-order chi connectivity index (χ0) is 26.5. The Bertz CT molecular complexity index is 1240. The average Bonchev–Trinajstić information content (AvgIpc) is 3.51. The fourth-order valence-electron chi connectivity index (χ4n) is 5.37. The van der Waals surface area contributed by atoms with E-state index in [0.29, 0.717) is 41.7 Å². The molecule has 0 unspecified atom stereocenters. The van der Waals surface area contributed by atoms with Gasteiger partial charge in [-0.05, 0) is 0 Å². The predicted molar refractivity (Wildman–Crippen MR) is 128 cm³/mol. The van der Waals surface area contributed by atoms with E-state index in [1.807, 2.05) is 0 Å². The van der Waals surface area contributed by atoms with E-state index >= 15 is 0 Å². The Morgan fingerprint density at radius 1 is 1.30 bits per heavy atom. The topological polar surface area (TPSA) is 218 Å². The minimum Gasteiger partial charge on any atom is -0.479 e. The number of aliphatic hydroxyl groups is 1. The molecule has 15 nitrogen and oxygen atoms in total. The number of anilines is 1. The number of hydrogen-bond donors (Lipinski definition) is 5. The quantitative estimate of drug-likeness (QED) is 0.0971. The molecule has 17 heteroatoms. The number of piperidine rings is 1. The van der Waals surface area contributed by atoms with E-state index in [2.05, 4.69) is 24.7 Å². The summed E-state index contributed by atoms with van der Waals surface area (Å²) >= 11 is 2.12. The molecule has 5 rings (SSSR count). The van der Waals surface area contributed by atoms with Gasteiger partial charge < -0.3 is 35.7 Å². The number of nitrogens with one attached hydrogen (secondary N) is 1. The number of nitrogens with zero attached hydrogens (tertiary/aromatic N) is 5. The van der Waals surface area contributed by atoms with Crippen LogP contribution in [0.5, 0.6) is 0 Å². The number of aliphatic carboxylic acids is 2. The number of aromatic nitrogens is 2. The number of fused-ring (bicyclic) bond motifs is 3. The minimum atomic E-state index is -1.32. The summed E-state index contributed by atoms with van der Waals surface area (Å²) in [6.07, 6.45) is 1.35. The first-order valence-corrected chi connectivity index (χ1v) is 13.1. The molecule has 0 saturated carbocycles. The first-order valence-electron chi connectivity index (χ1n) is 11.3.